The number of esters is 1. The summed E-state index contributed by atoms with van der Waals surface area (Å²) in [4.78, 5) is 34.8. The van der Waals surface area contributed by atoms with Crippen molar-refractivity contribution < 1.29 is 24.0 Å². The number of nitro benzene ring substituents is 1. The minimum atomic E-state index is -0.526. The average Bonchev–Trinajstić information content (AvgIpc) is 2.78. The number of allylic oxidation sites excluding steroid dienone is 1. The van der Waals surface area contributed by atoms with Gasteiger partial charge in [0.05, 0.1) is 17.6 Å². The van der Waals surface area contributed by atoms with E-state index in [0.29, 0.717) is 28.2 Å². The number of non-ortho nitro benzene ring substituents is 1. The Hall–Kier alpha value is -4.26. The third-order valence-corrected chi connectivity index (χ3v) is 4.18. The number of nitro groups is 1. The largest absolute Gasteiger partial charge is 0.497 e. The third kappa shape index (κ3) is 5.17. The molecule has 0 bridgehead atoms. The Labute approximate surface area is 172 Å². The van der Waals surface area contributed by atoms with E-state index in [1.165, 1.54) is 55.7 Å². The van der Waals surface area contributed by atoms with Crippen molar-refractivity contribution in [2.75, 3.05) is 7.11 Å². The van der Waals surface area contributed by atoms with Crippen LogP contribution in [0.4, 0.5) is 5.69 Å². The van der Waals surface area contributed by atoms with E-state index in [1.807, 2.05) is 0 Å². The number of carbonyl (C=O) groups is 2. The van der Waals surface area contributed by atoms with Crippen molar-refractivity contribution in [1.29, 1.82) is 0 Å². The van der Waals surface area contributed by atoms with E-state index >= 15 is 0 Å². The zero-order chi connectivity index (χ0) is 21.5. The van der Waals surface area contributed by atoms with Crippen LogP contribution < -0.4 is 9.47 Å². The minimum absolute atomic E-state index is 0.0485. The van der Waals surface area contributed by atoms with Gasteiger partial charge < -0.3 is 9.47 Å². The molecular formula is C23H17NO6. The first-order chi connectivity index (χ1) is 14.5. The van der Waals surface area contributed by atoms with Gasteiger partial charge in [-0.25, -0.2) is 4.79 Å². The molecule has 3 aromatic carbocycles. The molecule has 7 heteroatoms. The van der Waals surface area contributed by atoms with Crippen LogP contribution in [-0.2, 0) is 0 Å². The van der Waals surface area contributed by atoms with E-state index in [1.54, 1.807) is 36.4 Å². The Bertz CT molecular complexity index is 1100. The summed E-state index contributed by atoms with van der Waals surface area (Å²) < 4.78 is 10.3. The molecule has 0 saturated heterocycles. The van der Waals surface area contributed by atoms with Gasteiger partial charge in [0.2, 0.25) is 0 Å². The topological polar surface area (TPSA) is 95.7 Å². The lowest BCUT2D eigenvalue weighted by Crippen LogP contribution is -2.08. The van der Waals surface area contributed by atoms with Crippen LogP contribution in [0.25, 0.3) is 6.08 Å². The molecular weight excluding hydrogens is 386 g/mol. The van der Waals surface area contributed by atoms with Crippen LogP contribution in [0.5, 0.6) is 11.5 Å². The quantitative estimate of drug-likeness (QED) is 0.141. The molecule has 0 N–H and O–H groups in total. The number of hydrogen-bond donors (Lipinski definition) is 0. The molecule has 0 atom stereocenters. The van der Waals surface area contributed by atoms with Gasteiger partial charge >= 0.3 is 5.97 Å². The van der Waals surface area contributed by atoms with Crippen LogP contribution >= 0.6 is 0 Å². The number of nitrogens with zero attached hydrogens (tertiary/aromatic N) is 1. The second-order valence-corrected chi connectivity index (χ2v) is 6.19. The summed E-state index contributed by atoms with van der Waals surface area (Å²) in [6.07, 6.45) is 2.84. The predicted octanol–water partition coefficient (Wildman–Crippen LogP) is 4.72. The monoisotopic (exact) mass is 403 g/mol. The number of ketones is 1. The number of hydrogen-bond acceptors (Lipinski definition) is 6. The molecule has 0 fully saturated rings. The van der Waals surface area contributed by atoms with Gasteiger partial charge in [0, 0.05) is 17.7 Å². The number of benzene rings is 3. The molecule has 7 nitrogen and oxygen atoms in total. The molecule has 0 aliphatic heterocycles. The summed E-state index contributed by atoms with van der Waals surface area (Å²) in [5.74, 6) is 0.124. The van der Waals surface area contributed by atoms with Crippen LogP contribution in [0.2, 0.25) is 0 Å². The van der Waals surface area contributed by atoms with Crippen LogP contribution in [-0.4, -0.2) is 23.8 Å². The lowest BCUT2D eigenvalue weighted by Gasteiger charge is -2.06. The van der Waals surface area contributed by atoms with E-state index < -0.39 is 10.9 Å². The van der Waals surface area contributed by atoms with Gasteiger partial charge in [-0.1, -0.05) is 18.2 Å². The SMILES string of the molecule is COc1ccc(C(=O)Oc2ccc(C(=O)C=Cc3cccc([N+](=O)[O-])c3)cc2)cc1. The van der Waals surface area contributed by atoms with Crippen molar-refractivity contribution in [2.45, 2.75) is 0 Å². The average molecular weight is 403 g/mol. The Balaban J connectivity index is 1.64. The maximum absolute atomic E-state index is 12.3. The highest BCUT2D eigenvalue weighted by Crippen LogP contribution is 2.18. The Morgan fingerprint density at radius 1 is 0.900 bits per heavy atom. The van der Waals surface area contributed by atoms with E-state index in [9.17, 15) is 19.7 Å². The molecule has 0 unspecified atom stereocenters. The standard InChI is InChI=1S/C23H17NO6/c1-29-20-10-8-18(9-11-20)23(26)30-21-12-6-17(7-13-21)22(25)14-5-16-3-2-4-19(15-16)24(27)28/h2-15H,1H3. The maximum Gasteiger partial charge on any atom is 0.343 e. The molecule has 150 valence electrons. The first-order valence-corrected chi connectivity index (χ1v) is 8.89. The van der Waals surface area contributed by atoms with E-state index in [-0.39, 0.29) is 11.5 Å². The van der Waals surface area contributed by atoms with Gasteiger partial charge in [-0.15, -0.1) is 0 Å². The summed E-state index contributed by atoms with van der Waals surface area (Å²) in [5.41, 5.74) is 1.26. The molecule has 0 heterocycles. The van der Waals surface area contributed by atoms with Gasteiger partial charge in [0.15, 0.2) is 5.78 Å². The fourth-order valence-corrected chi connectivity index (χ4v) is 2.59. The van der Waals surface area contributed by atoms with Crippen LogP contribution in [0.15, 0.2) is 78.9 Å². The summed E-state index contributed by atoms with van der Waals surface area (Å²) >= 11 is 0. The molecule has 30 heavy (non-hydrogen) atoms. The fourth-order valence-electron chi connectivity index (χ4n) is 2.59. The Morgan fingerprint density at radius 3 is 2.17 bits per heavy atom. The Kier molecular flexibility index (Phi) is 6.34. The number of rotatable bonds is 7. The lowest BCUT2D eigenvalue weighted by molar-refractivity contribution is -0.384. The molecule has 3 rings (SSSR count). The number of carbonyl (C=O) groups excluding carboxylic acids is 2. The lowest BCUT2D eigenvalue weighted by atomic mass is 10.1. The highest BCUT2D eigenvalue weighted by molar-refractivity contribution is 6.06. The highest BCUT2D eigenvalue weighted by atomic mass is 16.6. The molecule has 0 radical (unpaired) electrons. The van der Waals surface area contributed by atoms with Crippen molar-refractivity contribution in [3.8, 4) is 11.5 Å². The van der Waals surface area contributed by atoms with Crippen molar-refractivity contribution in [2.24, 2.45) is 0 Å². The van der Waals surface area contributed by atoms with Crippen molar-refractivity contribution >= 4 is 23.5 Å². The van der Waals surface area contributed by atoms with Crippen LogP contribution in [0.1, 0.15) is 26.3 Å². The first kappa shape index (κ1) is 20.5. The van der Waals surface area contributed by atoms with E-state index in [4.69, 9.17) is 9.47 Å². The van der Waals surface area contributed by atoms with Gasteiger partial charge in [-0.2, -0.15) is 0 Å². The molecule has 0 saturated carbocycles. The number of methoxy groups -OCH3 is 1. The van der Waals surface area contributed by atoms with Gasteiger partial charge in [-0.05, 0) is 60.2 Å². The van der Waals surface area contributed by atoms with Gasteiger partial charge in [0.1, 0.15) is 11.5 Å². The van der Waals surface area contributed by atoms with Gasteiger partial charge in [-0.3, -0.25) is 14.9 Å². The summed E-state index contributed by atoms with van der Waals surface area (Å²) in [6, 6.07) is 18.6. The molecule has 0 aliphatic rings. The van der Waals surface area contributed by atoms with Crippen LogP contribution in [0.3, 0.4) is 0 Å². The van der Waals surface area contributed by atoms with E-state index in [0.717, 1.165) is 0 Å². The van der Waals surface area contributed by atoms with E-state index in [2.05, 4.69) is 0 Å². The number of ether oxygens (including phenoxy) is 2. The summed E-state index contributed by atoms with van der Waals surface area (Å²) in [6.45, 7) is 0. The summed E-state index contributed by atoms with van der Waals surface area (Å²) in [7, 11) is 1.54. The Morgan fingerprint density at radius 2 is 1.53 bits per heavy atom. The van der Waals surface area contributed by atoms with Crippen LogP contribution in [0, 0.1) is 10.1 Å². The van der Waals surface area contributed by atoms with Crippen molar-refractivity contribution in [1.82, 2.24) is 0 Å². The first-order valence-electron chi connectivity index (χ1n) is 8.89. The fraction of sp³-hybridized carbons (Fsp3) is 0.0435. The smallest absolute Gasteiger partial charge is 0.343 e. The molecule has 0 spiro atoms. The third-order valence-electron chi connectivity index (χ3n) is 4.18. The highest BCUT2D eigenvalue weighted by Gasteiger charge is 2.10. The summed E-state index contributed by atoms with van der Waals surface area (Å²) in [5, 5.41) is 10.8. The van der Waals surface area contributed by atoms with Crippen molar-refractivity contribution in [3.63, 3.8) is 0 Å². The van der Waals surface area contributed by atoms with Crippen molar-refractivity contribution in [3.05, 3.63) is 106 Å². The predicted molar refractivity (Wildman–Crippen MR) is 111 cm³/mol. The molecule has 0 aliphatic carbocycles. The second-order valence-electron chi connectivity index (χ2n) is 6.19. The zero-order valence-corrected chi connectivity index (χ0v) is 16.0. The minimum Gasteiger partial charge on any atom is -0.497 e. The maximum atomic E-state index is 12.3. The molecule has 0 amide bonds. The van der Waals surface area contributed by atoms with Gasteiger partial charge in [0.25, 0.3) is 5.69 Å². The molecule has 0 aromatic heterocycles. The molecule has 3 aromatic rings. The normalized spacial score (nSPS) is 10.6. The zero-order valence-electron chi connectivity index (χ0n) is 16.0. The second kappa shape index (κ2) is 9.29.